The van der Waals surface area contributed by atoms with E-state index in [0.29, 0.717) is 74.3 Å². The molecule has 1 amide bonds. The van der Waals surface area contributed by atoms with Gasteiger partial charge in [0, 0.05) is 45.3 Å². The summed E-state index contributed by atoms with van der Waals surface area (Å²) in [5.41, 5.74) is 1.78. The standard InChI is InChI=1S/C30H40FN5O7S/c1-6-20-18-23-25(27(37)32-5)26(21-8-10-22(31)11-9-21)41-28(23)33-24(20)19-36(44(39)40)13-7-12-34-14-16-35(17-15-34)43-29(38)42-30(2,3)4/h8-11,18H,6-7,12-17,19H2,1-5H3,(H,32,37)(H,39,40). The van der Waals surface area contributed by atoms with Gasteiger partial charge in [0.1, 0.15) is 17.2 Å². The zero-order valence-electron chi connectivity index (χ0n) is 25.7. The molecule has 12 nitrogen and oxygen atoms in total. The van der Waals surface area contributed by atoms with Gasteiger partial charge in [-0.05, 0) is 76.1 Å². The summed E-state index contributed by atoms with van der Waals surface area (Å²) in [6, 6.07) is 7.48. The van der Waals surface area contributed by atoms with E-state index in [0.717, 1.165) is 5.56 Å². The molecule has 1 aliphatic rings. The predicted molar refractivity (Wildman–Crippen MR) is 163 cm³/mol. The number of fused-ring (bicyclic) bond motifs is 1. The molecule has 1 fully saturated rings. The minimum atomic E-state index is -2.25. The average molecular weight is 634 g/mol. The Morgan fingerprint density at radius 3 is 2.45 bits per heavy atom. The number of carbonyl (C=O) groups is 2. The molecule has 0 aliphatic carbocycles. The van der Waals surface area contributed by atoms with E-state index in [1.54, 1.807) is 25.8 Å². The van der Waals surface area contributed by atoms with Crippen LogP contribution >= 0.6 is 0 Å². The number of halogens is 1. The number of nitrogens with zero attached hydrogens (tertiary/aromatic N) is 4. The average Bonchev–Trinajstić information content (AvgIpc) is 3.34. The van der Waals surface area contributed by atoms with E-state index >= 15 is 0 Å². The molecule has 14 heteroatoms. The molecular weight excluding hydrogens is 593 g/mol. The molecule has 0 saturated carbocycles. The molecule has 1 atom stereocenters. The summed E-state index contributed by atoms with van der Waals surface area (Å²) in [5.74, 6) is -0.508. The molecule has 2 N–H and O–H groups in total. The Morgan fingerprint density at radius 1 is 1.18 bits per heavy atom. The number of hydroxylamine groups is 2. The summed E-state index contributed by atoms with van der Waals surface area (Å²) in [5, 5.41) is 4.73. The SMILES string of the molecule is CCc1cc2c(C(=O)NC)c(-c3ccc(F)cc3)oc2nc1CN(CCCN1CCN(OC(=O)OC(C)(C)C)CC1)S(=O)O. The number of aryl methyl sites for hydroxylation is 1. The first-order chi connectivity index (χ1) is 20.9. The molecule has 1 unspecified atom stereocenters. The topological polar surface area (TPSA) is 138 Å². The van der Waals surface area contributed by atoms with E-state index < -0.39 is 28.8 Å². The van der Waals surface area contributed by atoms with Crippen LogP contribution in [0, 0.1) is 5.82 Å². The van der Waals surface area contributed by atoms with Gasteiger partial charge in [-0.15, -0.1) is 5.06 Å². The maximum atomic E-state index is 13.6. The van der Waals surface area contributed by atoms with Crippen LogP contribution in [0.2, 0.25) is 0 Å². The normalized spacial score (nSPS) is 15.5. The van der Waals surface area contributed by atoms with E-state index in [9.17, 15) is 22.7 Å². The molecule has 2 aromatic heterocycles. The van der Waals surface area contributed by atoms with Crippen molar-refractivity contribution in [2.45, 2.75) is 52.7 Å². The van der Waals surface area contributed by atoms with Crippen molar-refractivity contribution < 1.29 is 36.7 Å². The monoisotopic (exact) mass is 633 g/mol. The third-order valence-electron chi connectivity index (χ3n) is 7.15. The Bertz CT molecular complexity index is 1480. The number of piperazine rings is 1. The highest BCUT2D eigenvalue weighted by molar-refractivity contribution is 7.76. The molecule has 240 valence electrons. The van der Waals surface area contributed by atoms with E-state index in [2.05, 4.69) is 15.2 Å². The molecule has 4 rings (SSSR count). The smallest absolute Gasteiger partial charge is 0.437 e. The fourth-order valence-electron chi connectivity index (χ4n) is 4.97. The number of hydrogen-bond donors (Lipinski definition) is 2. The van der Waals surface area contributed by atoms with Crippen LogP contribution in [0.3, 0.4) is 0 Å². The number of amides is 1. The maximum Gasteiger partial charge on any atom is 0.528 e. The first-order valence-corrected chi connectivity index (χ1v) is 15.6. The third-order valence-corrected chi connectivity index (χ3v) is 7.90. The van der Waals surface area contributed by atoms with Gasteiger partial charge in [-0.2, -0.15) is 4.31 Å². The van der Waals surface area contributed by atoms with Crippen molar-refractivity contribution in [3.63, 3.8) is 0 Å². The Kier molecular flexibility index (Phi) is 11.1. The molecule has 0 spiro atoms. The number of aromatic nitrogens is 1. The quantitative estimate of drug-likeness (QED) is 0.231. The van der Waals surface area contributed by atoms with E-state index in [1.807, 2.05) is 13.0 Å². The summed E-state index contributed by atoms with van der Waals surface area (Å²) in [6.07, 6.45) is 0.472. The molecule has 44 heavy (non-hydrogen) atoms. The molecule has 1 saturated heterocycles. The Morgan fingerprint density at radius 2 is 1.86 bits per heavy atom. The molecule has 0 radical (unpaired) electrons. The van der Waals surface area contributed by atoms with Crippen molar-refractivity contribution in [2.75, 3.05) is 46.3 Å². The second kappa shape index (κ2) is 14.6. The number of furan rings is 1. The zero-order valence-corrected chi connectivity index (χ0v) is 26.5. The van der Waals surface area contributed by atoms with E-state index in [1.165, 1.54) is 35.6 Å². The van der Waals surface area contributed by atoms with Crippen LogP contribution in [0.1, 0.15) is 55.7 Å². The third kappa shape index (κ3) is 8.60. The second-order valence-electron chi connectivity index (χ2n) is 11.5. The number of ether oxygens (including phenoxy) is 1. The fourth-order valence-corrected chi connectivity index (χ4v) is 5.49. The van der Waals surface area contributed by atoms with Gasteiger partial charge < -0.3 is 24.2 Å². The van der Waals surface area contributed by atoms with Gasteiger partial charge >= 0.3 is 6.16 Å². The molecule has 0 bridgehead atoms. The lowest BCUT2D eigenvalue weighted by Crippen LogP contribution is -2.47. The van der Waals surface area contributed by atoms with Crippen LogP contribution in [-0.2, 0) is 33.8 Å². The number of benzene rings is 1. The van der Waals surface area contributed by atoms with Crippen LogP contribution in [0.5, 0.6) is 0 Å². The van der Waals surface area contributed by atoms with Gasteiger partial charge in [0.2, 0.25) is 17.0 Å². The summed E-state index contributed by atoms with van der Waals surface area (Å²) >= 11 is -2.25. The van der Waals surface area contributed by atoms with Crippen molar-refractivity contribution in [2.24, 2.45) is 0 Å². The highest BCUT2D eigenvalue weighted by atomic mass is 32.2. The summed E-state index contributed by atoms with van der Waals surface area (Å²) in [4.78, 5) is 37.0. The number of carbonyl (C=O) groups excluding carboxylic acids is 2. The van der Waals surface area contributed by atoms with Crippen LogP contribution < -0.4 is 5.32 Å². The van der Waals surface area contributed by atoms with Crippen molar-refractivity contribution in [1.29, 1.82) is 0 Å². The number of hydrogen-bond acceptors (Lipinski definition) is 9. The molecule has 3 heterocycles. The van der Waals surface area contributed by atoms with Crippen molar-refractivity contribution in [3.8, 4) is 11.3 Å². The van der Waals surface area contributed by atoms with Gasteiger partial charge in [0.25, 0.3) is 5.91 Å². The van der Waals surface area contributed by atoms with Crippen molar-refractivity contribution in [1.82, 2.24) is 24.6 Å². The minimum absolute atomic E-state index is 0.0988. The first-order valence-electron chi connectivity index (χ1n) is 14.6. The Hall–Kier alpha value is -3.43. The van der Waals surface area contributed by atoms with Gasteiger partial charge in [0.15, 0.2) is 0 Å². The van der Waals surface area contributed by atoms with Crippen LogP contribution in [0.25, 0.3) is 22.4 Å². The summed E-state index contributed by atoms with van der Waals surface area (Å²) in [6.45, 7) is 10.8. The summed E-state index contributed by atoms with van der Waals surface area (Å²) in [7, 11) is 1.52. The van der Waals surface area contributed by atoms with E-state index in [4.69, 9.17) is 14.0 Å². The molecule has 1 aromatic carbocycles. The molecule has 1 aliphatic heterocycles. The molecule has 3 aromatic rings. The van der Waals surface area contributed by atoms with Crippen LogP contribution in [0.15, 0.2) is 34.7 Å². The van der Waals surface area contributed by atoms with Crippen LogP contribution in [-0.4, -0.2) is 92.0 Å². The Balaban J connectivity index is 1.42. The fraction of sp³-hybridized carbons (Fsp3) is 0.500. The lowest BCUT2D eigenvalue weighted by atomic mass is 10.0. The number of rotatable bonds is 11. The van der Waals surface area contributed by atoms with Gasteiger partial charge in [0.05, 0.1) is 23.2 Å². The van der Waals surface area contributed by atoms with Gasteiger partial charge in [-0.25, -0.2) is 18.4 Å². The Labute approximate surface area is 258 Å². The highest BCUT2D eigenvalue weighted by Gasteiger charge is 2.26. The van der Waals surface area contributed by atoms with Gasteiger partial charge in [-0.1, -0.05) is 6.92 Å². The minimum Gasteiger partial charge on any atom is -0.437 e. The highest BCUT2D eigenvalue weighted by Crippen LogP contribution is 2.34. The second-order valence-corrected chi connectivity index (χ2v) is 12.4. The maximum absolute atomic E-state index is 13.6. The zero-order chi connectivity index (χ0) is 32.0. The number of nitrogens with one attached hydrogen (secondary N) is 1. The lowest BCUT2D eigenvalue weighted by Gasteiger charge is -2.33. The van der Waals surface area contributed by atoms with Gasteiger partial charge in [-0.3, -0.25) is 9.35 Å². The first kappa shape index (κ1) is 33.5. The number of pyridine rings is 1. The summed E-state index contributed by atoms with van der Waals surface area (Å²) < 4.78 is 48.7. The van der Waals surface area contributed by atoms with Crippen molar-refractivity contribution in [3.05, 3.63) is 53.0 Å². The predicted octanol–water partition coefficient (Wildman–Crippen LogP) is 4.37. The van der Waals surface area contributed by atoms with E-state index in [-0.39, 0.29) is 23.9 Å². The molecular formula is C30H40FN5O7S. The lowest BCUT2D eigenvalue weighted by molar-refractivity contribution is -0.158. The largest absolute Gasteiger partial charge is 0.528 e. The van der Waals surface area contributed by atoms with Crippen LogP contribution in [0.4, 0.5) is 9.18 Å². The van der Waals surface area contributed by atoms with Crippen molar-refractivity contribution >= 4 is 34.4 Å².